The first-order valence-electron chi connectivity index (χ1n) is 8.14. The number of nitrogens with zero attached hydrogens (tertiary/aromatic N) is 1. The van der Waals surface area contributed by atoms with Crippen LogP contribution in [-0.2, 0) is 14.3 Å². The number of benzene rings is 2. The van der Waals surface area contributed by atoms with Crippen molar-refractivity contribution in [2.24, 2.45) is 0 Å². The lowest BCUT2D eigenvalue weighted by molar-refractivity contribution is -0.145. The van der Waals surface area contributed by atoms with E-state index in [1.165, 1.54) is 12.1 Å². The van der Waals surface area contributed by atoms with Gasteiger partial charge in [0.15, 0.2) is 0 Å². The molecule has 0 bridgehead atoms. The van der Waals surface area contributed by atoms with Crippen molar-refractivity contribution in [2.45, 2.75) is 6.10 Å². The number of halogens is 2. The molecule has 0 aliphatic carbocycles. The molecule has 1 fully saturated rings. The second kappa shape index (κ2) is 8.54. The van der Waals surface area contributed by atoms with Gasteiger partial charge in [-0.25, -0.2) is 4.79 Å². The Hall–Kier alpha value is -2.08. The second-order valence-corrected chi connectivity index (χ2v) is 6.60. The second-order valence-electron chi connectivity index (χ2n) is 5.76. The molecule has 1 heterocycles. The van der Waals surface area contributed by atoms with Crippen molar-refractivity contribution in [3.63, 3.8) is 0 Å². The molecule has 1 saturated heterocycles. The average molecular weight is 394 g/mol. The van der Waals surface area contributed by atoms with E-state index < -0.39 is 12.1 Å². The minimum Gasteiger partial charge on any atom is -0.444 e. The third-order valence-electron chi connectivity index (χ3n) is 4.02. The van der Waals surface area contributed by atoms with E-state index in [-0.39, 0.29) is 16.5 Å². The Labute approximate surface area is 161 Å². The molecule has 136 valence electrons. The van der Waals surface area contributed by atoms with Crippen LogP contribution in [-0.4, -0.2) is 43.1 Å². The summed E-state index contributed by atoms with van der Waals surface area (Å²) in [5, 5.41) is 0.571. The zero-order valence-electron chi connectivity index (χ0n) is 13.9. The van der Waals surface area contributed by atoms with Crippen LogP contribution in [0.4, 0.5) is 0 Å². The van der Waals surface area contributed by atoms with Crippen LogP contribution in [0, 0.1) is 0 Å². The highest BCUT2D eigenvalue weighted by molar-refractivity contribution is 6.35. The molecule has 0 radical (unpaired) electrons. The lowest BCUT2D eigenvalue weighted by Crippen LogP contribution is -2.44. The zero-order valence-corrected chi connectivity index (χ0v) is 15.4. The van der Waals surface area contributed by atoms with Gasteiger partial charge in [-0.3, -0.25) is 4.79 Å². The molecule has 0 aromatic heterocycles. The first-order valence-corrected chi connectivity index (χ1v) is 8.89. The SMILES string of the molecule is O=C(O[C@H](C(=O)N1CCOCC1)c1ccccc1)c1cc(Cl)ccc1Cl. The van der Waals surface area contributed by atoms with Gasteiger partial charge in [0, 0.05) is 23.7 Å². The number of carbonyl (C=O) groups is 2. The summed E-state index contributed by atoms with van der Waals surface area (Å²) in [5.74, 6) is -0.987. The lowest BCUT2D eigenvalue weighted by atomic mass is 10.1. The van der Waals surface area contributed by atoms with Crippen LogP contribution in [0.3, 0.4) is 0 Å². The first kappa shape index (κ1) is 18.7. The summed E-state index contributed by atoms with van der Waals surface area (Å²) >= 11 is 12.0. The maximum atomic E-state index is 13.0. The average Bonchev–Trinajstić information content (AvgIpc) is 2.68. The van der Waals surface area contributed by atoms with Gasteiger partial charge in [-0.05, 0) is 18.2 Å². The minimum atomic E-state index is -1.06. The summed E-state index contributed by atoms with van der Waals surface area (Å²) in [7, 11) is 0. The molecule has 0 N–H and O–H groups in total. The van der Waals surface area contributed by atoms with Crippen LogP contribution in [0.2, 0.25) is 10.0 Å². The van der Waals surface area contributed by atoms with Gasteiger partial charge in [0.1, 0.15) is 0 Å². The molecule has 1 atom stereocenters. The van der Waals surface area contributed by atoms with Gasteiger partial charge >= 0.3 is 5.97 Å². The van der Waals surface area contributed by atoms with E-state index in [1.54, 1.807) is 35.2 Å². The molecule has 2 aromatic rings. The summed E-state index contributed by atoms with van der Waals surface area (Å²) in [6.45, 7) is 1.83. The fraction of sp³-hybridized carbons (Fsp3) is 0.263. The highest BCUT2D eigenvalue weighted by atomic mass is 35.5. The van der Waals surface area contributed by atoms with Gasteiger partial charge in [-0.2, -0.15) is 0 Å². The molecule has 0 saturated carbocycles. The van der Waals surface area contributed by atoms with Crippen molar-refractivity contribution in [3.05, 3.63) is 69.7 Å². The van der Waals surface area contributed by atoms with E-state index in [9.17, 15) is 9.59 Å². The fourth-order valence-corrected chi connectivity index (χ4v) is 3.03. The maximum absolute atomic E-state index is 13.0. The third kappa shape index (κ3) is 4.36. The molecule has 2 aromatic carbocycles. The number of rotatable bonds is 4. The molecule has 0 unspecified atom stereocenters. The Kier molecular flexibility index (Phi) is 6.14. The van der Waals surface area contributed by atoms with Gasteiger partial charge in [-0.1, -0.05) is 53.5 Å². The topological polar surface area (TPSA) is 55.8 Å². The van der Waals surface area contributed by atoms with Crippen LogP contribution >= 0.6 is 23.2 Å². The summed E-state index contributed by atoms with van der Waals surface area (Å²) < 4.78 is 10.8. The molecule has 3 rings (SSSR count). The van der Waals surface area contributed by atoms with Gasteiger partial charge < -0.3 is 14.4 Å². The lowest BCUT2D eigenvalue weighted by Gasteiger charge is -2.30. The predicted molar refractivity (Wildman–Crippen MR) is 98.5 cm³/mol. The van der Waals surface area contributed by atoms with Crippen molar-refractivity contribution in [1.82, 2.24) is 4.90 Å². The number of morpholine rings is 1. The molecule has 1 aliphatic rings. The van der Waals surface area contributed by atoms with Crippen molar-refractivity contribution in [1.29, 1.82) is 0 Å². The van der Waals surface area contributed by atoms with Crippen molar-refractivity contribution in [3.8, 4) is 0 Å². The Bertz CT molecular complexity index is 791. The first-order chi connectivity index (χ1) is 12.6. The van der Waals surface area contributed by atoms with Crippen LogP contribution in [0.25, 0.3) is 0 Å². The van der Waals surface area contributed by atoms with E-state index in [0.717, 1.165) is 0 Å². The fourth-order valence-electron chi connectivity index (χ4n) is 2.66. The highest BCUT2D eigenvalue weighted by Crippen LogP contribution is 2.26. The van der Waals surface area contributed by atoms with Crippen LogP contribution in [0.5, 0.6) is 0 Å². The monoisotopic (exact) mass is 393 g/mol. The largest absolute Gasteiger partial charge is 0.444 e. The molecular weight excluding hydrogens is 377 g/mol. The number of carbonyl (C=O) groups excluding carboxylic acids is 2. The number of ether oxygens (including phenoxy) is 2. The molecule has 7 heteroatoms. The minimum absolute atomic E-state index is 0.120. The molecule has 0 spiro atoms. The number of hydrogen-bond acceptors (Lipinski definition) is 4. The summed E-state index contributed by atoms with van der Waals surface area (Å²) in [6, 6.07) is 13.4. The van der Waals surface area contributed by atoms with Gasteiger partial charge in [0.25, 0.3) is 5.91 Å². The molecule has 1 aliphatic heterocycles. The van der Waals surface area contributed by atoms with E-state index in [4.69, 9.17) is 32.7 Å². The summed E-state index contributed by atoms with van der Waals surface area (Å²) in [5.41, 5.74) is 0.713. The maximum Gasteiger partial charge on any atom is 0.340 e. The Morgan fingerprint density at radius 2 is 1.73 bits per heavy atom. The van der Waals surface area contributed by atoms with Crippen LogP contribution < -0.4 is 0 Å². The summed E-state index contributed by atoms with van der Waals surface area (Å²) in [6.07, 6.45) is -1.06. The zero-order chi connectivity index (χ0) is 18.5. The highest BCUT2D eigenvalue weighted by Gasteiger charge is 2.31. The van der Waals surface area contributed by atoms with Gasteiger partial charge in [0.2, 0.25) is 6.10 Å². The van der Waals surface area contributed by atoms with E-state index in [2.05, 4.69) is 0 Å². The van der Waals surface area contributed by atoms with Crippen molar-refractivity contribution >= 4 is 35.1 Å². The Morgan fingerprint density at radius 3 is 2.42 bits per heavy atom. The number of esters is 1. The quantitative estimate of drug-likeness (QED) is 0.742. The van der Waals surface area contributed by atoms with Crippen LogP contribution in [0.15, 0.2) is 48.5 Å². The molecule has 26 heavy (non-hydrogen) atoms. The number of amides is 1. The standard InChI is InChI=1S/C19H17Cl2NO4/c20-14-6-7-16(21)15(12-14)19(24)26-17(13-4-2-1-3-5-13)18(23)22-8-10-25-11-9-22/h1-7,12,17H,8-11H2/t17-/m0/s1. The van der Waals surface area contributed by atoms with E-state index in [0.29, 0.717) is 36.9 Å². The smallest absolute Gasteiger partial charge is 0.340 e. The van der Waals surface area contributed by atoms with Gasteiger partial charge in [0.05, 0.1) is 23.8 Å². The normalized spacial score (nSPS) is 15.4. The third-order valence-corrected chi connectivity index (χ3v) is 4.59. The van der Waals surface area contributed by atoms with Gasteiger partial charge in [-0.15, -0.1) is 0 Å². The molecular formula is C19H17Cl2NO4. The van der Waals surface area contributed by atoms with Crippen molar-refractivity contribution in [2.75, 3.05) is 26.3 Å². The molecule has 5 nitrogen and oxygen atoms in total. The van der Waals surface area contributed by atoms with E-state index >= 15 is 0 Å². The van der Waals surface area contributed by atoms with E-state index in [1.807, 2.05) is 6.07 Å². The van der Waals surface area contributed by atoms with Crippen LogP contribution in [0.1, 0.15) is 22.0 Å². The Morgan fingerprint density at radius 1 is 1.04 bits per heavy atom. The predicted octanol–water partition coefficient (Wildman–Crippen LogP) is 3.75. The number of hydrogen-bond donors (Lipinski definition) is 0. The van der Waals surface area contributed by atoms with Crippen molar-refractivity contribution < 1.29 is 19.1 Å². The summed E-state index contributed by atoms with van der Waals surface area (Å²) in [4.78, 5) is 27.2. The molecule has 1 amide bonds. The Balaban J connectivity index is 1.87.